The first-order chi connectivity index (χ1) is 22.7. The number of piperidine rings is 1. The summed E-state index contributed by atoms with van der Waals surface area (Å²) in [6.45, 7) is 5.38. The number of fused-ring (bicyclic) bond motifs is 1. The van der Waals surface area contributed by atoms with Gasteiger partial charge in [-0.2, -0.15) is 4.31 Å². The summed E-state index contributed by atoms with van der Waals surface area (Å²) in [5.41, 5.74) is 5.89. The quantitative estimate of drug-likeness (QED) is 0.153. The monoisotopic (exact) mass is 667 g/mol. The van der Waals surface area contributed by atoms with E-state index in [1.807, 2.05) is 25.1 Å². The minimum Gasteiger partial charge on any atom is -0.367 e. The molecule has 10 heteroatoms. The van der Waals surface area contributed by atoms with Crippen LogP contribution in [-0.4, -0.2) is 54.3 Å². The lowest BCUT2D eigenvalue weighted by Gasteiger charge is -2.32. The van der Waals surface area contributed by atoms with Crippen molar-refractivity contribution in [1.29, 1.82) is 0 Å². The number of hydrogen-bond donors (Lipinski definition) is 2. The van der Waals surface area contributed by atoms with Gasteiger partial charge in [0.05, 0.1) is 10.4 Å². The summed E-state index contributed by atoms with van der Waals surface area (Å²) in [5, 5.41) is 8.02. The Kier molecular flexibility index (Phi) is 9.87. The van der Waals surface area contributed by atoms with Crippen molar-refractivity contribution in [2.24, 2.45) is 0 Å². The fourth-order valence-electron chi connectivity index (χ4n) is 6.06. The summed E-state index contributed by atoms with van der Waals surface area (Å²) >= 11 is 6.24. The zero-order valence-electron chi connectivity index (χ0n) is 26.5. The van der Waals surface area contributed by atoms with Crippen molar-refractivity contribution in [3.05, 3.63) is 130 Å². The molecule has 8 nitrogen and oxygen atoms in total. The molecule has 1 fully saturated rings. The average molecular weight is 668 g/mol. The number of benzene rings is 4. The third-order valence-corrected chi connectivity index (χ3v) is 10.9. The summed E-state index contributed by atoms with van der Waals surface area (Å²) in [6, 6.07) is 29.1. The van der Waals surface area contributed by atoms with E-state index in [0.29, 0.717) is 43.1 Å². The predicted molar refractivity (Wildman–Crippen MR) is 188 cm³/mol. The maximum absolute atomic E-state index is 13.4. The van der Waals surface area contributed by atoms with E-state index < -0.39 is 10.0 Å². The maximum Gasteiger partial charge on any atom is 0.251 e. The number of carbonyl (C=O) groups is 1. The van der Waals surface area contributed by atoms with Crippen molar-refractivity contribution < 1.29 is 13.2 Å². The Bertz CT molecular complexity index is 1910. The van der Waals surface area contributed by atoms with E-state index in [2.05, 4.69) is 76.1 Å². The molecule has 1 amide bonds. The average Bonchev–Trinajstić information content (AvgIpc) is 3.09. The highest BCUT2D eigenvalue weighted by Crippen LogP contribution is 2.35. The van der Waals surface area contributed by atoms with Crippen molar-refractivity contribution >= 4 is 44.3 Å². The van der Waals surface area contributed by atoms with Crippen LogP contribution in [-0.2, 0) is 10.0 Å². The molecule has 242 valence electrons. The second kappa shape index (κ2) is 14.2. The van der Waals surface area contributed by atoms with Gasteiger partial charge >= 0.3 is 0 Å². The molecule has 0 saturated carbocycles. The highest BCUT2D eigenvalue weighted by atomic mass is 35.5. The first-order valence-electron chi connectivity index (χ1n) is 15.9. The van der Waals surface area contributed by atoms with Crippen molar-refractivity contribution in [1.82, 2.24) is 19.6 Å². The Hall–Kier alpha value is -4.31. The summed E-state index contributed by atoms with van der Waals surface area (Å²) in [6.07, 6.45) is 3.64. The van der Waals surface area contributed by atoms with Gasteiger partial charge in [0.2, 0.25) is 10.0 Å². The smallest absolute Gasteiger partial charge is 0.251 e. The topological polar surface area (TPSA) is 104 Å². The zero-order valence-corrected chi connectivity index (χ0v) is 28.1. The molecule has 2 heterocycles. The van der Waals surface area contributed by atoms with Crippen LogP contribution >= 0.6 is 11.6 Å². The van der Waals surface area contributed by atoms with Crippen LogP contribution in [0, 0.1) is 6.92 Å². The van der Waals surface area contributed by atoms with Crippen molar-refractivity contribution in [2.45, 2.75) is 50.0 Å². The molecular weight excluding hydrogens is 630 g/mol. The first-order valence-corrected chi connectivity index (χ1v) is 17.8. The number of amides is 1. The third-order valence-electron chi connectivity index (χ3n) is 8.69. The van der Waals surface area contributed by atoms with Gasteiger partial charge in [-0.25, -0.2) is 18.4 Å². The molecule has 1 aliphatic heterocycles. The van der Waals surface area contributed by atoms with E-state index in [-0.39, 0.29) is 22.8 Å². The van der Waals surface area contributed by atoms with Crippen LogP contribution in [0.1, 0.15) is 64.7 Å². The van der Waals surface area contributed by atoms with E-state index in [4.69, 9.17) is 11.6 Å². The highest BCUT2D eigenvalue weighted by molar-refractivity contribution is 7.89. The Morgan fingerprint density at radius 1 is 0.894 bits per heavy atom. The van der Waals surface area contributed by atoms with Crippen LogP contribution < -0.4 is 10.6 Å². The van der Waals surface area contributed by atoms with Gasteiger partial charge in [-0.1, -0.05) is 66.6 Å². The zero-order chi connectivity index (χ0) is 33.0. The van der Waals surface area contributed by atoms with E-state index in [0.717, 1.165) is 34.3 Å². The number of hydrogen-bond acceptors (Lipinski definition) is 6. The molecule has 1 saturated heterocycles. The van der Waals surface area contributed by atoms with Gasteiger partial charge in [0.15, 0.2) is 0 Å². The van der Waals surface area contributed by atoms with E-state index in [1.54, 1.807) is 18.5 Å². The minimum atomic E-state index is -3.69. The van der Waals surface area contributed by atoms with Gasteiger partial charge in [-0.05, 0) is 91.4 Å². The summed E-state index contributed by atoms with van der Waals surface area (Å²) in [7, 11) is -3.69. The third kappa shape index (κ3) is 7.32. The number of aryl methyl sites for hydroxylation is 1. The minimum absolute atomic E-state index is 0.0152. The Balaban J connectivity index is 1.19. The maximum atomic E-state index is 13.4. The van der Waals surface area contributed by atoms with Crippen LogP contribution in [0.4, 0.5) is 5.82 Å². The molecule has 1 atom stereocenters. The first kappa shape index (κ1) is 32.6. The van der Waals surface area contributed by atoms with Gasteiger partial charge < -0.3 is 10.6 Å². The van der Waals surface area contributed by atoms with Gasteiger partial charge in [-0.3, -0.25) is 4.79 Å². The summed E-state index contributed by atoms with van der Waals surface area (Å²) in [5.74, 6) is 0.509. The molecule has 6 rings (SSSR count). The van der Waals surface area contributed by atoms with Crippen LogP contribution in [0.15, 0.2) is 102 Å². The lowest BCUT2D eigenvalue weighted by molar-refractivity contribution is 0.0953. The van der Waals surface area contributed by atoms with Gasteiger partial charge in [-0.15, -0.1) is 0 Å². The molecule has 0 aliphatic carbocycles. The normalized spacial score (nSPS) is 15.0. The highest BCUT2D eigenvalue weighted by Gasteiger charge is 2.30. The molecule has 0 spiro atoms. The van der Waals surface area contributed by atoms with Crippen LogP contribution in [0.5, 0.6) is 0 Å². The number of sulfonamides is 1. The van der Waals surface area contributed by atoms with Gasteiger partial charge in [0.25, 0.3) is 5.91 Å². The van der Waals surface area contributed by atoms with Gasteiger partial charge in [0, 0.05) is 47.6 Å². The predicted octanol–water partition coefficient (Wildman–Crippen LogP) is 7.18. The van der Waals surface area contributed by atoms with Crippen LogP contribution in [0.2, 0.25) is 5.02 Å². The number of carbonyl (C=O) groups excluding carboxylic acids is 1. The molecule has 47 heavy (non-hydrogen) atoms. The van der Waals surface area contributed by atoms with Crippen molar-refractivity contribution in [3.63, 3.8) is 0 Å². The Morgan fingerprint density at radius 3 is 2.19 bits per heavy atom. The van der Waals surface area contributed by atoms with Crippen LogP contribution in [0.3, 0.4) is 0 Å². The lowest BCUT2D eigenvalue weighted by Crippen LogP contribution is -2.42. The Morgan fingerprint density at radius 2 is 1.53 bits per heavy atom. The second-order valence-corrected chi connectivity index (χ2v) is 14.4. The number of anilines is 1. The number of nitrogens with zero attached hydrogens (tertiary/aromatic N) is 3. The van der Waals surface area contributed by atoms with Crippen LogP contribution in [0.25, 0.3) is 10.9 Å². The second-order valence-electron chi connectivity index (χ2n) is 12.0. The van der Waals surface area contributed by atoms with E-state index in [1.165, 1.54) is 27.6 Å². The van der Waals surface area contributed by atoms with E-state index in [9.17, 15) is 13.2 Å². The molecule has 5 aromatic rings. The van der Waals surface area contributed by atoms with Gasteiger partial charge in [0.1, 0.15) is 12.1 Å². The number of halogens is 1. The molecule has 4 aromatic carbocycles. The molecule has 1 aliphatic rings. The standard InChI is InChI=1S/C37H38ClN5O3S/c1-3-20-39-37(44)28-10-15-32(16-11-28)47(45,46)43-21-18-31(19-22-43)42-36-33-23-29(12-17-34(33)40-24-41-36)35(26-6-4-25(2)5-7-26)27-8-13-30(38)14-9-27/h4-17,23-24,31,35H,3,18-22H2,1-2H3,(H,39,44)(H,40,41,42). The fourth-order valence-corrected chi connectivity index (χ4v) is 7.66. The van der Waals surface area contributed by atoms with Crippen molar-refractivity contribution in [3.8, 4) is 0 Å². The summed E-state index contributed by atoms with van der Waals surface area (Å²) in [4.78, 5) is 21.6. The number of nitrogens with one attached hydrogen (secondary N) is 2. The number of rotatable bonds is 10. The molecule has 2 N–H and O–H groups in total. The lowest BCUT2D eigenvalue weighted by atomic mass is 9.84. The largest absolute Gasteiger partial charge is 0.367 e. The molecule has 1 unspecified atom stereocenters. The SMILES string of the molecule is CCCNC(=O)c1ccc(S(=O)(=O)N2CCC(Nc3ncnc4ccc(C(c5ccc(C)cc5)c5ccc(Cl)cc5)cc34)CC2)cc1. The fraction of sp³-hybridized carbons (Fsp3) is 0.270. The van der Waals surface area contributed by atoms with E-state index >= 15 is 0 Å². The molecule has 1 aromatic heterocycles. The van der Waals surface area contributed by atoms with Crippen molar-refractivity contribution in [2.75, 3.05) is 25.0 Å². The number of aromatic nitrogens is 2. The Labute approximate surface area is 281 Å². The molecule has 0 radical (unpaired) electrons. The summed E-state index contributed by atoms with van der Waals surface area (Å²) < 4.78 is 28.4. The molecule has 0 bridgehead atoms. The molecular formula is C37H38ClN5O3S.